The van der Waals surface area contributed by atoms with Gasteiger partial charge in [-0.3, -0.25) is 0 Å². The van der Waals surface area contributed by atoms with Crippen LogP contribution in [0.5, 0.6) is 11.5 Å². The van der Waals surface area contributed by atoms with E-state index in [1.807, 2.05) is 18.2 Å². The Morgan fingerprint density at radius 1 is 0.647 bits per heavy atom. The Hall–Kier alpha value is -2.56. The first-order valence-electron chi connectivity index (χ1n) is 11.8. The van der Waals surface area contributed by atoms with E-state index < -0.39 is 2.88 Å². The van der Waals surface area contributed by atoms with Gasteiger partial charge in [-0.2, -0.15) is 0 Å². The molecule has 3 heteroatoms. The molecule has 166 valence electrons. The van der Waals surface area contributed by atoms with Gasteiger partial charge in [-0.05, 0) is 52.3 Å². The summed E-state index contributed by atoms with van der Waals surface area (Å²) in [7, 11) is 0. The second-order valence-electron chi connectivity index (χ2n) is 9.44. The van der Waals surface area contributed by atoms with Crippen LogP contribution in [0.2, 0.25) is 0 Å². The molecule has 0 fully saturated rings. The maximum Gasteiger partial charge on any atom is 0.152 e. The number of hydrogen-bond donors (Lipinski definition) is 0. The number of benzene rings is 3. The number of rotatable bonds is 0. The van der Waals surface area contributed by atoms with Gasteiger partial charge < -0.3 is 4.74 Å². The molecule has 0 N–H and O–H groups in total. The van der Waals surface area contributed by atoms with Gasteiger partial charge in [0.2, 0.25) is 0 Å². The van der Waals surface area contributed by atoms with E-state index in [-0.39, 0.29) is 5.92 Å². The molecule has 5 unspecified atom stereocenters. The number of para-hydroxylation sites is 1. The fraction of sp³-hybridized carbons (Fsp3) is 0.161. The molecule has 1 heterocycles. The monoisotopic (exact) mass is 572 g/mol. The van der Waals surface area contributed by atoms with Crippen molar-refractivity contribution in [3.05, 3.63) is 132 Å². The lowest BCUT2D eigenvalue weighted by Crippen LogP contribution is -2.28. The van der Waals surface area contributed by atoms with E-state index >= 15 is 0 Å². The zero-order chi connectivity index (χ0) is 22.9. The molecule has 7 rings (SSSR count). The molecule has 0 bridgehead atoms. The second-order valence-corrected chi connectivity index (χ2v) is 12.3. The predicted molar refractivity (Wildman–Crippen MR) is 148 cm³/mol. The van der Waals surface area contributed by atoms with E-state index in [1.54, 1.807) is 0 Å². The largest absolute Gasteiger partial charge is 0.457 e. The zero-order valence-corrected chi connectivity index (χ0v) is 21.3. The van der Waals surface area contributed by atoms with E-state index in [1.165, 1.54) is 22.3 Å². The smallest absolute Gasteiger partial charge is 0.152 e. The van der Waals surface area contributed by atoms with E-state index in [0.29, 0.717) is 17.8 Å². The van der Waals surface area contributed by atoms with Crippen LogP contribution >= 0.6 is 34.2 Å². The third-order valence-corrected chi connectivity index (χ3v) is 9.27. The Morgan fingerprint density at radius 3 is 2.09 bits per heavy atom. The maximum atomic E-state index is 7.29. The predicted octanol–water partition coefficient (Wildman–Crippen LogP) is 9.00. The van der Waals surface area contributed by atoms with Crippen LogP contribution in [0.25, 0.3) is 11.1 Å². The van der Waals surface area contributed by atoms with Crippen molar-refractivity contribution in [2.24, 2.45) is 11.8 Å². The van der Waals surface area contributed by atoms with Crippen molar-refractivity contribution in [2.75, 3.05) is 0 Å². The van der Waals surface area contributed by atoms with Crippen molar-refractivity contribution in [1.82, 2.24) is 0 Å². The van der Waals surface area contributed by atoms with Crippen molar-refractivity contribution in [2.45, 2.75) is 14.7 Å². The summed E-state index contributed by atoms with van der Waals surface area (Å²) in [4.78, 5) is 0. The molecule has 0 aromatic heterocycles. The number of fused-ring (bicyclic) bond motifs is 10. The lowest BCUT2D eigenvalue weighted by atomic mass is 9.64. The van der Waals surface area contributed by atoms with Crippen molar-refractivity contribution < 1.29 is 4.74 Å². The van der Waals surface area contributed by atoms with Gasteiger partial charge in [0.25, 0.3) is 0 Å². The van der Waals surface area contributed by atoms with Crippen molar-refractivity contribution in [3.8, 4) is 22.6 Å². The average Bonchev–Trinajstić information content (AvgIpc) is 2.87. The molecule has 5 atom stereocenters. The molecule has 34 heavy (non-hydrogen) atoms. The van der Waals surface area contributed by atoms with Crippen LogP contribution in [0, 0.1) is 11.8 Å². The summed E-state index contributed by atoms with van der Waals surface area (Å²) < 4.78 is 5.78. The first-order valence-corrected chi connectivity index (χ1v) is 13.2. The third kappa shape index (κ3) is 2.98. The minimum absolute atomic E-state index is 0.266. The molecule has 1 nitrogen and oxygen atoms in total. The molecule has 0 spiro atoms. The minimum atomic E-state index is -0.688. The topological polar surface area (TPSA) is 9.23 Å². The summed E-state index contributed by atoms with van der Waals surface area (Å²) in [5, 5.41) is 0. The normalized spacial score (nSPS) is 29.4. The van der Waals surface area contributed by atoms with Crippen molar-refractivity contribution in [3.63, 3.8) is 0 Å². The van der Waals surface area contributed by atoms with Gasteiger partial charge >= 0.3 is 0 Å². The Morgan fingerprint density at radius 2 is 1.29 bits per heavy atom. The quantitative estimate of drug-likeness (QED) is 0.193. The third-order valence-electron chi connectivity index (χ3n) is 7.70. The van der Waals surface area contributed by atoms with Crippen LogP contribution in [0.4, 0.5) is 0 Å². The van der Waals surface area contributed by atoms with E-state index in [2.05, 4.69) is 114 Å². The second kappa shape index (κ2) is 7.73. The van der Waals surface area contributed by atoms with Crippen LogP contribution < -0.4 is 4.74 Å². The van der Waals surface area contributed by atoms with Gasteiger partial charge in [0.1, 0.15) is 11.5 Å². The van der Waals surface area contributed by atoms with Crippen LogP contribution in [0.1, 0.15) is 34.1 Å². The van der Waals surface area contributed by atoms with Crippen molar-refractivity contribution >= 4 is 34.2 Å². The summed E-state index contributed by atoms with van der Waals surface area (Å²) in [6, 6.07) is 21.6. The molecule has 0 amide bonds. The molecule has 0 saturated carbocycles. The molecular formula is C31H22ClIO. The fourth-order valence-corrected chi connectivity index (χ4v) is 7.32. The van der Waals surface area contributed by atoms with Crippen LogP contribution in [-0.4, -0.2) is 0 Å². The number of ether oxygens (including phenoxy) is 1. The fourth-order valence-electron chi connectivity index (χ4n) is 6.15. The van der Waals surface area contributed by atoms with E-state index in [4.69, 9.17) is 16.3 Å². The van der Waals surface area contributed by atoms with E-state index in [9.17, 15) is 0 Å². The molecule has 1 aliphatic heterocycles. The highest BCUT2D eigenvalue weighted by molar-refractivity contribution is 14.1. The van der Waals surface area contributed by atoms with Gasteiger partial charge in [-0.25, -0.2) is 0 Å². The lowest BCUT2D eigenvalue weighted by Gasteiger charge is -2.40. The summed E-state index contributed by atoms with van der Waals surface area (Å²) in [5.74, 6) is 3.07. The van der Waals surface area contributed by atoms with Crippen LogP contribution in [0.3, 0.4) is 0 Å². The van der Waals surface area contributed by atoms with Crippen LogP contribution in [-0.2, 0) is 2.88 Å². The summed E-state index contributed by atoms with van der Waals surface area (Å²) in [6.45, 7) is 0. The maximum absolute atomic E-state index is 7.29. The number of alkyl halides is 2. The lowest BCUT2D eigenvalue weighted by molar-refractivity contribution is 0.396. The number of allylic oxidation sites excluding steroid dienone is 8. The standard InChI is InChI=1S/C31H22ClIO/c32-31(33)27-15-7-8-16-29(27)34-30-18-26-24-14-6-4-12-22(24)20-10-2-1-9-19(20)21-11-3-5-13-23(21)25(26)17-28(30)31/h1-20,22,24H. The summed E-state index contributed by atoms with van der Waals surface area (Å²) in [6.07, 6.45) is 18.3. The van der Waals surface area contributed by atoms with Gasteiger partial charge in [-0.1, -0.05) is 125 Å². The Balaban J connectivity index is 1.53. The van der Waals surface area contributed by atoms with Crippen LogP contribution in [0.15, 0.2) is 109 Å². The van der Waals surface area contributed by atoms with Crippen molar-refractivity contribution in [1.29, 1.82) is 0 Å². The first-order chi connectivity index (χ1) is 16.6. The number of hydrogen-bond acceptors (Lipinski definition) is 1. The number of halogens is 2. The molecule has 0 saturated heterocycles. The Bertz CT molecular complexity index is 1440. The van der Waals surface area contributed by atoms with E-state index in [0.717, 1.165) is 22.6 Å². The Labute approximate surface area is 218 Å². The Kier molecular flexibility index (Phi) is 4.72. The van der Waals surface area contributed by atoms with Gasteiger partial charge in [0.05, 0.1) is 0 Å². The highest BCUT2D eigenvalue weighted by atomic mass is 127. The SMILES string of the molecule is ClC1(I)c2ccccc2Oc2cc3c(cc21)-c1ccccc1C1C=CC=CC1C1C=CC=CC31. The van der Waals surface area contributed by atoms with Gasteiger partial charge in [-0.15, -0.1) is 0 Å². The highest BCUT2D eigenvalue weighted by Gasteiger charge is 2.42. The zero-order valence-electron chi connectivity index (χ0n) is 18.4. The molecule has 3 aromatic rings. The minimum Gasteiger partial charge on any atom is -0.457 e. The summed E-state index contributed by atoms with van der Waals surface area (Å²) >= 11 is 9.66. The first kappa shape index (κ1) is 20.8. The molecule has 4 aliphatic rings. The highest BCUT2D eigenvalue weighted by Crippen LogP contribution is 2.58. The molecule has 3 aliphatic carbocycles. The van der Waals surface area contributed by atoms with Gasteiger partial charge in [0.15, 0.2) is 2.88 Å². The van der Waals surface area contributed by atoms with Gasteiger partial charge in [0, 0.05) is 23.0 Å². The molecular weight excluding hydrogens is 551 g/mol. The molecule has 3 aromatic carbocycles. The molecule has 0 radical (unpaired) electrons. The summed E-state index contributed by atoms with van der Waals surface area (Å²) in [5.41, 5.74) is 7.26. The average molecular weight is 573 g/mol.